The highest BCUT2D eigenvalue weighted by atomic mass is 16.5. The summed E-state index contributed by atoms with van der Waals surface area (Å²) in [5.74, 6) is -0.168. The van der Waals surface area contributed by atoms with Crippen LogP contribution in [0, 0.1) is 0 Å². The predicted molar refractivity (Wildman–Crippen MR) is 89.6 cm³/mol. The van der Waals surface area contributed by atoms with Gasteiger partial charge in [0.15, 0.2) is 0 Å². The summed E-state index contributed by atoms with van der Waals surface area (Å²) in [5, 5.41) is 5.55. The Morgan fingerprint density at radius 1 is 1.26 bits per heavy atom. The highest BCUT2D eigenvalue weighted by Gasteiger charge is 2.25. The van der Waals surface area contributed by atoms with E-state index in [1.807, 2.05) is 13.8 Å². The van der Waals surface area contributed by atoms with Crippen LogP contribution in [0.25, 0.3) is 0 Å². The van der Waals surface area contributed by atoms with E-state index in [2.05, 4.69) is 17.2 Å². The molecule has 0 aliphatic carbocycles. The standard InChI is InChI=1S/C17H23N3O3/c1-4-9-18-16(21)14-5-7-15(8-6-14)19-17(22)20-10-12(2)23-13(3)11-20/h4-8,12-13H,1,9-11H2,2-3H3,(H,18,21)(H,19,22). The van der Waals surface area contributed by atoms with E-state index in [0.717, 1.165) is 0 Å². The summed E-state index contributed by atoms with van der Waals surface area (Å²) < 4.78 is 5.62. The number of amides is 3. The zero-order chi connectivity index (χ0) is 16.8. The van der Waals surface area contributed by atoms with Crippen LogP contribution in [-0.4, -0.2) is 48.7 Å². The van der Waals surface area contributed by atoms with Crippen LogP contribution in [0.2, 0.25) is 0 Å². The number of nitrogens with zero attached hydrogens (tertiary/aromatic N) is 1. The monoisotopic (exact) mass is 317 g/mol. The third-order valence-corrected chi connectivity index (χ3v) is 3.51. The summed E-state index contributed by atoms with van der Waals surface area (Å²) in [7, 11) is 0. The van der Waals surface area contributed by atoms with Gasteiger partial charge in [-0.25, -0.2) is 4.79 Å². The lowest BCUT2D eigenvalue weighted by Crippen LogP contribution is -2.49. The fourth-order valence-electron chi connectivity index (χ4n) is 2.52. The first-order valence-corrected chi connectivity index (χ1v) is 7.70. The normalized spacial score (nSPS) is 20.7. The zero-order valence-corrected chi connectivity index (χ0v) is 13.5. The first-order chi connectivity index (χ1) is 11.0. The van der Waals surface area contributed by atoms with Crippen molar-refractivity contribution in [3.63, 3.8) is 0 Å². The van der Waals surface area contributed by atoms with E-state index in [1.54, 1.807) is 35.2 Å². The second-order valence-corrected chi connectivity index (χ2v) is 5.67. The fraction of sp³-hybridized carbons (Fsp3) is 0.412. The molecule has 6 nitrogen and oxygen atoms in total. The molecule has 2 N–H and O–H groups in total. The van der Waals surface area contributed by atoms with Crippen molar-refractivity contribution in [1.82, 2.24) is 10.2 Å². The third-order valence-electron chi connectivity index (χ3n) is 3.51. The Balaban J connectivity index is 1.93. The number of morpholine rings is 1. The van der Waals surface area contributed by atoms with Gasteiger partial charge in [0.25, 0.3) is 5.91 Å². The van der Waals surface area contributed by atoms with Crippen molar-refractivity contribution in [2.24, 2.45) is 0 Å². The Labute approximate surface area is 136 Å². The molecule has 1 saturated heterocycles. The van der Waals surface area contributed by atoms with Crippen LogP contribution < -0.4 is 10.6 Å². The van der Waals surface area contributed by atoms with Crippen LogP contribution in [0.5, 0.6) is 0 Å². The molecule has 2 atom stereocenters. The van der Waals surface area contributed by atoms with E-state index in [0.29, 0.717) is 30.9 Å². The molecule has 0 spiro atoms. The van der Waals surface area contributed by atoms with Crippen LogP contribution in [0.1, 0.15) is 24.2 Å². The molecule has 1 fully saturated rings. The lowest BCUT2D eigenvalue weighted by Gasteiger charge is -2.35. The van der Waals surface area contributed by atoms with Crippen molar-refractivity contribution in [3.05, 3.63) is 42.5 Å². The molecule has 1 aromatic rings. The molecule has 0 radical (unpaired) electrons. The van der Waals surface area contributed by atoms with Gasteiger partial charge in [-0.15, -0.1) is 6.58 Å². The molecule has 2 unspecified atom stereocenters. The van der Waals surface area contributed by atoms with Crippen molar-refractivity contribution in [1.29, 1.82) is 0 Å². The van der Waals surface area contributed by atoms with Gasteiger partial charge in [0.05, 0.1) is 12.2 Å². The Morgan fingerprint density at radius 3 is 2.43 bits per heavy atom. The van der Waals surface area contributed by atoms with E-state index in [9.17, 15) is 9.59 Å². The SMILES string of the molecule is C=CCNC(=O)c1ccc(NC(=O)N2CC(C)OC(C)C2)cc1. The Hall–Kier alpha value is -2.34. The minimum atomic E-state index is -0.168. The van der Waals surface area contributed by atoms with E-state index in [1.165, 1.54) is 0 Å². The first-order valence-electron chi connectivity index (χ1n) is 7.70. The van der Waals surface area contributed by atoms with Gasteiger partial charge in [-0.3, -0.25) is 4.79 Å². The van der Waals surface area contributed by atoms with Gasteiger partial charge in [0.2, 0.25) is 0 Å². The highest BCUT2D eigenvalue weighted by molar-refractivity contribution is 5.95. The molecule has 124 valence electrons. The molecule has 0 saturated carbocycles. The summed E-state index contributed by atoms with van der Waals surface area (Å²) >= 11 is 0. The lowest BCUT2D eigenvalue weighted by molar-refractivity contribution is -0.0530. The number of rotatable bonds is 4. The van der Waals surface area contributed by atoms with E-state index >= 15 is 0 Å². The number of ether oxygens (including phenoxy) is 1. The third kappa shape index (κ3) is 4.82. The van der Waals surface area contributed by atoms with Crippen molar-refractivity contribution in [2.45, 2.75) is 26.1 Å². The average Bonchev–Trinajstić information content (AvgIpc) is 2.52. The molecule has 1 aliphatic rings. The molecule has 3 amide bonds. The average molecular weight is 317 g/mol. The maximum absolute atomic E-state index is 12.3. The molecule has 0 bridgehead atoms. The predicted octanol–water partition coefficient (Wildman–Crippen LogP) is 2.24. The van der Waals surface area contributed by atoms with Gasteiger partial charge in [-0.05, 0) is 38.1 Å². The maximum Gasteiger partial charge on any atom is 0.322 e. The summed E-state index contributed by atoms with van der Waals surface area (Å²) in [5.41, 5.74) is 1.19. The largest absolute Gasteiger partial charge is 0.372 e. The second kappa shape index (κ2) is 7.78. The van der Waals surface area contributed by atoms with Gasteiger partial charge in [0, 0.05) is 30.9 Å². The molecule has 1 aromatic carbocycles. The van der Waals surface area contributed by atoms with E-state index in [-0.39, 0.29) is 24.1 Å². The molecule has 1 heterocycles. The van der Waals surface area contributed by atoms with Gasteiger partial charge < -0.3 is 20.3 Å². The minimum absolute atomic E-state index is 0.0282. The first kappa shape index (κ1) is 17.0. The molecule has 6 heteroatoms. The molecule has 0 aromatic heterocycles. The van der Waals surface area contributed by atoms with Crippen molar-refractivity contribution < 1.29 is 14.3 Å². The number of hydrogen-bond donors (Lipinski definition) is 2. The minimum Gasteiger partial charge on any atom is -0.372 e. The van der Waals surface area contributed by atoms with Crippen molar-refractivity contribution in [2.75, 3.05) is 25.0 Å². The number of carbonyl (C=O) groups excluding carboxylic acids is 2. The number of urea groups is 1. The van der Waals surface area contributed by atoms with Gasteiger partial charge in [0.1, 0.15) is 0 Å². The number of anilines is 1. The van der Waals surface area contributed by atoms with Gasteiger partial charge in [-0.2, -0.15) is 0 Å². The highest BCUT2D eigenvalue weighted by Crippen LogP contribution is 2.14. The molecule has 23 heavy (non-hydrogen) atoms. The van der Waals surface area contributed by atoms with Gasteiger partial charge in [-0.1, -0.05) is 6.08 Å². The molecular weight excluding hydrogens is 294 g/mol. The summed E-state index contributed by atoms with van der Waals surface area (Å²) in [4.78, 5) is 25.8. The number of carbonyl (C=O) groups is 2. The van der Waals surface area contributed by atoms with Gasteiger partial charge >= 0.3 is 6.03 Å². The topological polar surface area (TPSA) is 70.7 Å². The summed E-state index contributed by atoms with van der Waals surface area (Å²) in [6, 6.07) is 6.63. The molecule has 1 aliphatic heterocycles. The Kier molecular flexibility index (Phi) is 5.76. The number of benzene rings is 1. The van der Waals surface area contributed by atoms with Crippen molar-refractivity contribution >= 4 is 17.6 Å². The molecule has 2 rings (SSSR count). The quantitative estimate of drug-likeness (QED) is 0.837. The smallest absolute Gasteiger partial charge is 0.322 e. The van der Waals surface area contributed by atoms with Crippen LogP contribution >= 0.6 is 0 Å². The van der Waals surface area contributed by atoms with Crippen LogP contribution in [0.15, 0.2) is 36.9 Å². The second-order valence-electron chi connectivity index (χ2n) is 5.67. The van der Waals surface area contributed by atoms with Crippen LogP contribution in [0.4, 0.5) is 10.5 Å². The summed E-state index contributed by atoms with van der Waals surface area (Å²) in [6.45, 7) is 9.01. The lowest BCUT2D eigenvalue weighted by atomic mass is 10.2. The van der Waals surface area contributed by atoms with Crippen LogP contribution in [-0.2, 0) is 4.74 Å². The fourth-order valence-corrected chi connectivity index (χ4v) is 2.52. The number of hydrogen-bond acceptors (Lipinski definition) is 3. The summed E-state index contributed by atoms with van der Waals surface area (Å²) in [6.07, 6.45) is 1.68. The van der Waals surface area contributed by atoms with E-state index in [4.69, 9.17) is 4.74 Å². The van der Waals surface area contributed by atoms with E-state index < -0.39 is 0 Å². The number of nitrogens with one attached hydrogen (secondary N) is 2. The maximum atomic E-state index is 12.3. The Bertz CT molecular complexity index is 561. The Morgan fingerprint density at radius 2 is 1.87 bits per heavy atom. The van der Waals surface area contributed by atoms with Crippen molar-refractivity contribution in [3.8, 4) is 0 Å². The molecular formula is C17H23N3O3. The van der Waals surface area contributed by atoms with Crippen LogP contribution in [0.3, 0.4) is 0 Å². The zero-order valence-electron chi connectivity index (χ0n) is 13.5.